The highest BCUT2D eigenvalue weighted by molar-refractivity contribution is 5.77. The van der Waals surface area contributed by atoms with Crippen molar-refractivity contribution in [1.29, 1.82) is 0 Å². The molecule has 0 saturated heterocycles. The van der Waals surface area contributed by atoms with Crippen LogP contribution in [0.3, 0.4) is 0 Å². The van der Waals surface area contributed by atoms with Gasteiger partial charge in [0.05, 0.1) is 5.56 Å². The Labute approximate surface area is 102 Å². The summed E-state index contributed by atoms with van der Waals surface area (Å²) in [7, 11) is 0. The fraction of sp³-hybridized carbons (Fsp3) is 0.417. The maximum atomic E-state index is 12.3. The van der Waals surface area contributed by atoms with Gasteiger partial charge >= 0.3 is 12.1 Å². The number of alkyl halides is 3. The van der Waals surface area contributed by atoms with Crippen LogP contribution in [0.2, 0.25) is 0 Å². The smallest absolute Gasteiger partial charge is 0.416 e. The molecule has 1 aromatic carbocycles. The number of benzene rings is 1. The van der Waals surface area contributed by atoms with Gasteiger partial charge in [-0.2, -0.15) is 13.2 Å². The highest BCUT2D eigenvalue weighted by Gasteiger charge is 2.34. The Balaban J connectivity index is 2.90. The average molecular weight is 262 g/mol. The van der Waals surface area contributed by atoms with E-state index < -0.39 is 23.3 Å². The predicted molar refractivity (Wildman–Crippen MR) is 58.4 cm³/mol. The van der Waals surface area contributed by atoms with E-state index in [2.05, 4.69) is 0 Å². The zero-order chi connectivity index (χ0) is 14.0. The molecular formula is C12H13F3O3. The monoisotopic (exact) mass is 262 g/mol. The summed E-state index contributed by atoms with van der Waals surface area (Å²) in [6.45, 7) is 2.99. The number of carboxylic acid groups (broad SMARTS) is 1. The molecular weight excluding hydrogens is 249 g/mol. The van der Waals surface area contributed by atoms with Crippen LogP contribution >= 0.6 is 0 Å². The van der Waals surface area contributed by atoms with Crippen molar-refractivity contribution in [3.05, 3.63) is 29.8 Å². The quantitative estimate of drug-likeness (QED) is 0.905. The van der Waals surface area contributed by atoms with Gasteiger partial charge in [-0.1, -0.05) is 6.92 Å². The minimum absolute atomic E-state index is 0.0924. The lowest BCUT2D eigenvalue weighted by molar-refractivity contribution is -0.154. The van der Waals surface area contributed by atoms with Crippen LogP contribution < -0.4 is 4.74 Å². The van der Waals surface area contributed by atoms with Crippen molar-refractivity contribution in [3.63, 3.8) is 0 Å². The first-order valence-corrected chi connectivity index (χ1v) is 5.28. The number of rotatable bonds is 4. The van der Waals surface area contributed by atoms with Crippen molar-refractivity contribution in [2.45, 2.75) is 32.0 Å². The van der Waals surface area contributed by atoms with E-state index in [1.54, 1.807) is 6.92 Å². The third-order valence-corrected chi connectivity index (χ3v) is 2.65. The Kier molecular flexibility index (Phi) is 3.88. The molecule has 0 aromatic heterocycles. The molecule has 6 heteroatoms. The number of ether oxygens (including phenoxy) is 1. The SMILES string of the molecule is CCC(C)(Oc1ccc(C(F)(F)F)cc1)C(=O)O. The second-order valence-electron chi connectivity index (χ2n) is 4.01. The van der Waals surface area contributed by atoms with Gasteiger partial charge in [0.25, 0.3) is 0 Å². The van der Waals surface area contributed by atoms with Crippen LogP contribution in [0.4, 0.5) is 13.2 Å². The minimum Gasteiger partial charge on any atom is -0.478 e. The van der Waals surface area contributed by atoms with E-state index >= 15 is 0 Å². The fourth-order valence-electron chi connectivity index (χ4n) is 1.24. The molecule has 0 aliphatic heterocycles. The molecule has 0 radical (unpaired) electrons. The van der Waals surface area contributed by atoms with Crippen LogP contribution in [-0.4, -0.2) is 16.7 Å². The molecule has 18 heavy (non-hydrogen) atoms. The van der Waals surface area contributed by atoms with Gasteiger partial charge in [0.1, 0.15) is 5.75 Å². The first-order valence-electron chi connectivity index (χ1n) is 5.28. The molecule has 1 aromatic rings. The van der Waals surface area contributed by atoms with Gasteiger partial charge in [0, 0.05) is 0 Å². The Morgan fingerprint density at radius 3 is 2.11 bits per heavy atom. The summed E-state index contributed by atoms with van der Waals surface area (Å²) in [5.41, 5.74) is -2.25. The Bertz CT molecular complexity index is 425. The van der Waals surface area contributed by atoms with Crippen molar-refractivity contribution in [2.24, 2.45) is 0 Å². The van der Waals surface area contributed by atoms with Crippen molar-refractivity contribution in [1.82, 2.24) is 0 Å². The Hall–Kier alpha value is -1.72. The van der Waals surface area contributed by atoms with Crippen LogP contribution in [0.25, 0.3) is 0 Å². The van der Waals surface area contributed by atoms with Crippen molar-refractivity contribution in [3.8, 4) is 5.75 Å². The van der Waals surface area contributed by atoms with Crippen molar-refractivity contribution in [2.75, 3.05) is 0 Å². The van der Waals surface area contributed by atoms with Crippen LogP contribution in [0.15, 0.2) is 24.3 Å². The summed E-state index contributed by atoms with van der Waals surface area (Å²) in [5, 5.41) is 8.97. The molecule has 0 spiro atoms. The number of aliphatic carboxylic acids is 1. The maximum absolute atomic E-state index is 12.3. The highest BCUT2D eigenvalue weighted by atomic mass is 19.4. The maximum Gasteiger partial charge on any atom is 0.416 e. The summed E-state index contributed by atoms with van der Waals surface area (Å²) in [5.74, 6) is -1.07. The molecule has 1 rings (SSSR count). The topological polar surface area (TPSA) is 46.5 Å². The van der Waals surface area contributed by atoms with Gasteiger partial charge in [-0.15, -0.1) is 0 Å². The van der Waals surface area contributed by atoms with Gasteiger partial charge in [0.2, 0.25) is 5.60 Å². The van der Waals surface area contributed by atoms with E-state index in [-0.39, 0.29) is 12.2 Å². The average Bonchev–Trinajstić information content (AvgIpc) is 2.28. The van der Waals surface area contributed by atoms with Crippen LogP contribution in [-0.2, 0) is 11.0 Å². The van der Waals surface area contributed by atoms with Gasteiger partial charge < -0.3 is 9.84 Å². The number of hydrogen-bond acceptors (Lipinski definition) is 2. The molecule has 100 valence electrons. The first kappa shape index (κ1) is 14.3. The van der Waals surface area contributed by atoms with E-state index in [0.717, 1.165) is 24.3 Å². The summed E-state index contributed by atoms with van der Waals surface area (Å²) in [6, 6.07) is 3.93. The van der Waals surface area contributed by atoms with Crippen LogP contribution in [0, 0.1) is 0 Å². The molecule has 0 bridgehead atoms. The van der Waals surface area contributed by atoms with Gasteiger partial charge in [-0.3, -0.25) is 0 Å². The van der Waals surface area contributed by atoms with E-state index in [1.807, 2.05) is 0 Å². The lowest BCUT2D eigenvalue weighted by Gasteiger charge is -2.24. The first-order chi connectivity index (χ1) is 8.19. The number of halogens is 3. The van der Waals surface area contributed by atoms with E-state index in [4.69, 9.17) is 9.84 Å². The lowest BCUT2D eigenvalue weighted by Crippen LogP contribution is -2.40. The summed E-state index contributed by atoms with van der Waals surface area (Å²) in [6.07, 6.45) is -4.22. The largest absolute Gasteiger partial charge is 0.478 e. The Morgan fingerprint density at radius 1 is 1.28 bits per heavy atom. The fourth-order valence-corrected chi connectivity index (χ4v) is 1.24. The molecule has 1 atom stereocenters. The van der Waals surface area contributed by atoms with Crippen LogP contribution in [0.1, 0.15) is 25.8 Å². The molecule has 1 unspecified atom stereocenters. The molecule has 0 aliphatic rings. The lowest BCUT2D eigenvalue weighted by atomic mass is 10.0. The van der Waals surface area contributed by atoms with Crippen molar-refractivity contribution >= 4 is 5.97 Å². The number of carboxylic acids is 1. The van der Waals surface area contributed by atoms with Crippen LogP contribution in [0.5, 0.6) is 5.75 Å². The van der Waals surface area contributed by atoms with E-state index in [9.17, 15) is 18.0 Å². The van der Waals surface area contributed by atoms with Gasteiger partial charge in [0.15, 0.2) is 0 Å². The summed E-state index contributed by atoms with van der Waals surface area (Å²) in [4.78, 5) is 11.0. The molecule has 0 amide bonds. The summed E-state index contributed by atoms with van der Waals surface area (Å²) >= 11 is 0. The van der Waals surface area contributed by atoms with Gasteiger partial charge in [-0.05, 0) is 37.6 Å². The summed E-state index contributed by atoms with van der Waals surface area (Å²) < 4.78 is 42.2. The second kappa shape index (κ2) is 4.88. The minimum atomic E-state index is -4.42. The standard InChI is InChI=1S/C12H13F3O3/c1-3-11(2,10(16)17)18-9-6-4-8(5-7-9)12(13,14)15/h4-7H,3H2,1-2H3,(H,16,17). The third kappa shape index (κ3) is 3.15. The second-order valence-corrected chi connectivity index (χ2v) is 4.01. The predicted octanol–water partition coefficient (Wildman–Crippen LogP) is 3.34. The molecule has 0 aliphatic carbocycles. The molecule has 3 nitrogen and oxygen atoms in total. The van der Waals surface area contributed by atoms with E-state index in [0.29, 0.717) is 0 Å². The van der Waals surface area contributed by atoms with Gasteiger partial charge in [-0.25, -0.2) is 4.79 Å². The number of hydrogen-bond donors (Lipinski definition) is 1. The molecule has 0 heterocycles. The van der Waals surface area contributed by atoms with E-state index in [1.165, 1.54) is 6.92 Å². The molecule has 1 N–H and O–H groups in total. The number of carbonyl (C=O) groups is 1. The third-order valence-electron chi connectivity index (χ3n) is 2.65. The highest BCUT2D eigenvalue weighted by Crippen LogP contribution is 2.31. The zero-order valence-corrected chi connectivity index (χ0v) is 9.91. The molecule has 0 saturated carbocycles. The zero-order valence-electron chi connectivity index (χ0n) is 9.91. The van der Waals surface area contributed by atoms with Crippen molar-refractivity contribution < 1.29 is 27.8 Å². The molecule has 0 fully saturated rings. The normalized spacial score (nSPS) is 14.9. The Morgan fingerprint density at radius 2 is 1.78 bits per heavy atom.